The van der Waals surface area contributed by atoms with Crippen molar-refractivity contribution in [2.24, 2.45) is 10.7 Å². The zero-order chi connectivity index (χ0) is 21.3. The predicted molar refractivity (Wildman–Crippen MR) is 116 cm³/mol. The molecule has 1 aromatic carbocycles. The van der Waals surface area contributed by atoms with Gasteiger partial charge in [0.2, 0.25) is 0 Å². The lowest BCUT2D eigenvalue weighted by molar-refractivity contribution is -0.143. The zero-order valence-corrected chi connectivity index (χ0v) is 18.9. The summed E-state index contributed by atoms with van der Waals surface area (Å²) in [7, 11) is 0. The maximum absolute atomic E-state index is 13.0. The molecule has 29 heavy (non-hydrogen) atoms. The van der Waals surface area contributed by atoms with Crippen molar-refractivity contribution in [3.63, 3.8) is 0 Å². The van der Waals surface area contributed by atoms with E-state index in [9.17, 15) is 10.1 Å². The SMILES string of the molecule is CCOc1ccc([C@H]2C(C(=O)OC(C)C)=C(C)N=C3SC(C#N)=C(N)N32)cc1Br. The van der Waals surface area contributed by atoms with E-state index in [2.05, 4.69) is 27.0 Å². The molecule has 0 aliphatic carbocycles. The number of carbonyl (C=O) groups is 1. The third-order valence-electron chi connectivity index (χ3n) is 4.31. The van der Waals surface area contributed by atoms with Crippen LogP contribution < -0.4 is 10.5 Å². The maximum atomic E-state index is 13.0. The van der Waals surface area contributed by atoms with E-state index in [1.807, 2.05) is 25.1 Å². The highest BCUT2D eigenvalue weighted by molar-refractivity contribution is 9.10. The second kappa shape index (κ2) is 8.51. The first-order valence-electron chi connectivity index (χ1n) is 9.08. The minimum absolute atomic E-state index is 0.272. The molecule has 0 unspecified atom stereocenters. The highest BCUT2D eigenvalue weighted by Crippen LogP contribution is 2.46. The third-order valence-corrected chi connectivity index (χ3v) is 5.91. The van der Waals surface area contributed by atoms with Gasteiger partial charge in [0.05, 0.1) is 34.5 Å². The Morgan fingerprint density at radius 2 is 2.21 bits per heavy atom. The van der Waals surface area contributed by atoms with Crippen molar-refractivity contribution in [3.05, 3.63) is 50.2 Å². The lowest BCUT2D eigenvalue weighted by Crippen LogP contribution is -2.39. The molecule has 1 aromatic rings. The number of halogens is 1. The summed E-state index contributed by atoms with van der Waals surface area (Å²) >= 11 is 4.73. The van der Waals surface area contributed by atoms with Crippen molar-refractivity contribution in [2.75, 3.05) is 6.61 Å². The van der Waals surface area contributed by atoms with Gasteiger partial charge in [-0.15, -0.1) is 0 Å². The first-order valence-corrected chi connectivity index (χ1v) is 10.7. The summed E-state index contributed by atoms with van der Waals surface area (Å²) in [5.74, 6) is 0.511. The summed E-state index contributed by atoms with van der Waals surface area (Å²) in [5.41, 5.74) is 7.99. The van der Waals surface area contributed by atoms with E-state index in [0.717, 1.165) is 10.0 Å². The topological polar surface area (TPSA) is 101 Å². The number of esters is 1. The number of nitriles is 1. The van der Waals surface area contributed by atoms with Gasteiger partial charge in [-0.25, -0.2) is 9.79 Å². The number of nitrogens with two attached hydrogens (primary N) is 1. The van der Waals surface area contributed by atoms with Crippen LogP contribution in [-0.2, 0) is 9.53 Å². The molecule has 152 valence electrons. The normalized spacial score (nSPS) is 18.6. The van der Waals surface area contributed by atoms with Gasteiger partial charge in [0.25, 0.3) is 0 Å². The van der Waals surface area contributed by atoms with Crippen LogP contribution in [0.3, 0.4) is 0 Å². The van der Waals surface area contributed by atoms with E-state index >= 15 is 0 Å². The number of thioether (sulfide) groups is 1. The highest BCUT2D eigenvalue weighted by Gasteiger charge is 2.43. The fraction of sp³-hybridized carbons (Fsp3) is 0.350. The van der Waals surface area contributed by atoms with Gasteiger partial charge in [0.1, 0.15) is 22.5 Å². The lowest BCUT2D eigenvalue weighted by Gasteiger charge is -2.35. The minimum atomic E-state index is -0.570. The molecule has 2 N–H and O–H groups in total. The Hall–Kier alpha value is -2.44. The Morgan fingerprint density at radius 3 is 2.79 bits per heavy atom. The Morgan fingerprint density at radius 1 is 1.48 bits per heavy atom. The smallest absolute Gasteiger partial charge is 0.338 e. The molecular weight excluding hydrogens is 456 g/mol. The molecule has 0 saturated carbocycles. The van der Waals surface area contributed by atoms with Crippen LogP contribution in [0.25, 0.3) is 0 Å². The molecule has 9 heteroatoms. The standard InChI is InChI=1S/C20H21BrN4O3S/c1-5-27-14-7-6-12(8-13(14)21)17-16(19(26)28-10(2)3)11(4)24-20-25(17)18(23)15(9-22)29-20/h6-8,10,17H,5,23H2,1-4H3/t17-/m0/s1. The van der Waals surface area contributed by atoms with Gasteiger partial charge >= 0.3 is 5.97 Å². The van der Waals surface area contributed by atoms with Crippen LogP contribution in [0.1, 0.15) is 39.3 Å². The lowest BCUT2D eigenvalue weighted by atomic mass is 9.94. The quantitative estimate of drug-likeness (QED) is 0.635. The molecule has 0 fully saturated rings. The van der Waals surface area contributed by atoms with E-state index in [0.29, 0.717) is 33.7 Å². The van der Waals surface area contributed by atoms with E-state index in [-0.39, 0.29) is 11.9 Å². The van der Waals surface area contributed by atoms with Crippen molar-refractivity contribution in [1.82, 2.24) is 4.90 Å². The zero-order valence-electron chi connectivity index (χ0n) is 16.5. The van der Waals surface area contributed by atoms with Crippen molar-refractivity contribution >= 4 is 38.8 Å². The highest BCUT2D eigenvalue weighted by atomic mass is 79.9. The monoisotopic (exact) mass is 476 g/mol. The van der Waals surface area contributed by atoms with Gasteiger partial charge in [-0.3, -0.25) is 4.90 Å². The van der Waals surface area contributed by atoms with Crippen LogP contribution in [0.2, 0.25) is 0 Å². The Bertz CT molecular complexity index is 994. The summed E-state index contributed by atoms with van der Waals surface area (Å²) in [6.45, 7) is 7.79. The first-order chi connectivity index (χ1) is 13.8. The van der Waals surface area contributed by atoms with E-state index < -0.39 is 12.0 Å². The number of allylic oxidation sites excluding steroid dienone is 2. The van der Waals surface area contributed by atoms with Gasteiger partial charge in [0, 0.05) is 0 Å². The van der Waals surface area contributed by atoms with E-state index in [1.54, 1.807) is 25.7 Å². The number of hydrogen-bond acceptors (Lipinski definition) is 8. The second-order valence-corrected chi connectivity index (χ2v) is 8.50. The van der Waals surface area contributed by atoms with Gasteiger partial charge in [-0.2, -0.15) is 5.26 Å². The van der Waals surface area contributed by atoms with Gasteiger partial charge in [-0.1, -0.05) is 6.07 Å². The van der Waals surface area contributed by atoms with Crippen molar-refractivity contribution in [2.45, 2.75) is 39.8 Å². The predicted octanol–water partition coefficient (Wildman–Crippen LogP) is 4.18. The number of fused-ring (bicyclic) bond motifs is 1. The summed E-state index contributed by atoms with van der Waals surface area (Å²) in [6, 6.07) is 7.13. The number of rotatable bonds is 5. The average Bonchev–Trinajstić information content (AvgIpc) is 2.97. The summed E-state index contributed by atoms with van der Waals surface area (Å²) < 4.78 is 11.8. The van der Waals surface area contributed by atoms with Crippen LogP contribution in [0.4, 0.5) is 0 Å². The van der Waals surface area contributed by atoms with Crippen LogP contribution in [0, 0.1) is 11.3 Å². The molecule has 1 atom stereocenters. The van der Waals surface area contributed by atoms with Gasteiger partial charge in [0.15, 0.2) is 5.17 Å². The average molecular weight is 477 g/mol. The maximum Gasteiger partial charge on any atom is 0.338 e. The van der Waals surface area contributed by atoms with Crippen LogP contribution >= 0.6 is 27.7 Å². The molecule has 0 aromatic heterocycles. The van der Waals surface area contributed by atoms with Crippen LogP contribution in [-0.4, -0.2) is 28.7 Å². The number of carbonyl (C=O) groups excluding carboxylic acids is 1. The molecule has 0 saturated heterocycles. The Labute approximate surface area is 182 Å². The molecule has 3 rings (SSSR count). The Kier molecular flexibility index (Phi) is 6.24. The molecule has 0 radical (unpaired) electrons. The number of ether oxygens (including phenoxy) is 2. The van der Waals surface area contributed by atoms with Crippen molar-refractivity contribution in [3.8, 4) is 11.8 Å². The molecule has 2 heterocycles. The number of benzene rings is 1. The van der Waals surface area contributed by atoms with Gasteiger partial charge < -0.3 is 15.2 Å². The minimum Gasteiger partial charge on any atom is -0.493 e. The molecule has 0 amide bonds. The molecule has 0 spiro atoms. The largest absolute Gasteiger partial charge is 0.493 e. The number of nitrogens with zero attached hydrogens (tertiary/aromatic N) is 3. The summed E-state index contributed by atoms with van der Waals surface area (Å²) in [4.78, 5) is 19.6. The van der Waals surface area contributed by atoms with Crippen LogP contribution in [0.15, 0.2) is 49.7 Å². The van der Waals surface area contributed by atoms with Gasteiger partial charge in [-0.05, 0) is 73.1 Å². The first kappa shape index (κ1) is 21.3. The van der Waals surface area contributed by atoms with Crippen molar-refractivity contribution < 1.29 is 14.3 Å². The number of aliphatic imine (C=N–C) groups is 1. The fourth-order valence-electron chi connectivity index (χ4n) is 3.15. The molecule has 2 aliphatic rings. The molecular formula is C20H21BrN4O3S. The number of hydrogen-bond donors (Lipinski definition) is 1. The van der Waals surface area contributed by atoms with E-state index in [4.69, 9.17) is 15.2 Å². The second-order valence-electron chi connectivity index (χ2n) is 6.67. The summed E-state index contributed by atoms with van der Waals surface area (Å²) in [6.07, 6.45) is -0.281. The molecule has 0 bridgehead atoms. The third kappa shape index (κ3) is 4.00. The molecule has 7 nitrogen and oxygen atoms in total. The van der Waals surface area contributed by atoms with E-state index in [1.165, 1.54) is 11.8 Å². The molecule has 2 aliphatic heterocycles. The van der Waals surface area contributed by atoms with Crippen molar-refractivity contribution in [1.29, 1.82) is 5.26 Å². The number of amidine groups is 1. The fourth-order valence-corrected chi connectivity index (χ4v) is 4.58. The van der Waals surface area contributed by atoms with Crippen LogP contribution in [0.5, 0.6) is 5.75 Å². The summed E-state index contributed by atoms with van der Waals surface area (Å²) in [5, 5.41) is 9.98. The Balaban J connectivity index is 2.16.